The first-order chi connectivity index (χ1) is 12.5. The van der Waals surface area contributed by atoms with Crippen molar-refractivity contribution in [2.45, 2.75) is 0 Å². The number of carbonyl (C=O) groups is 1. The molecule has 0 saturated heterocycles. The highest BCUT2D eigenvalue weighted by atomic mass is 35.5. The maximum Gasteiger partial charge on any atom is 0.271 e. The van der Waals surface area contributed by atoms with Crippen LogP contribution in [0, 0.1) is 10.1 Å². The van der Waals surface area contributed by atoms with Crippen molar-refractivity contribution in [3.8, 4) is 5.75 Å². The molecule has 0 aliphatic rings. The fourth-order valence-corrected chi connectivity index (χ4v) is 2.93. The van der Waals surface area contributed by atoms with Gasteiger partial charge in [0.05, 0.1) is 40.2 Å². The van der Waals surface area contributed by atoms with Crippen LogP contribution in [-0.4, -0.2) is 39.7 Å². The van der Waals surface area contributed by atoms with Gasteiger partial charge in [0.2, 0.25) is 10.0 Å². The molecule has 11 heteroatoms. The summed E-state index contributed by atoms with van der Waals surface area (Å²) in [6, 6.07) is 7.89. The predicted octanol–water partition coefficient (Wildman–Crippen LogP) is 2.90. The summed E-state index contributed by atoms with van der Waals surface area (Å²) in [7, 11) is -0.766. The normalized spacial score (nSPS) is 11.0. The van der Waals surface area contributed by atoms with Crippen LogP contribution < -0.4 is 14.4 Å². The van der Waals surface area contributed by atoms with Crippen LogP contribution in [0.5, 0.6) is 5.75 Å². The molecule has 1 N–H and O–H groups in total. The molecular weight excluding hydrogens is 398 g/mol. The fraction of sp³-hybridized carbons (Fsp3) is 0.188. The van der Waals surface area contributed by atoms with Gasteiger partial charge in [0, 0.05) is 19.2 Å². The number of amides is 1. The highest BCUT2D eigenvalue weighted by Crippen LogP contribution is 2.30. The third-order valence-electron chi connectivity index (χ3n) is 3.70. The van der Waals surface area contributed by atoms with Crippen molar-refractivity contribution in [2.24, 2.45) is 0 Å². The molecule has 144 valence electrons. The SMILES string of the molecule is COc1ccc([N+](=O)[O-])cc1NC(=O)c1ccc(N(C)S(C)(=O)=O)cc1Cl. The zero-order valence-electron chi connectivity index (χ0n) is 14.6. The van der Waals surface area contributed by atoms with E-state index in [1.165, 1.54) is 44.5 Å². The van der Waals surface area contributed by atoms with Gasteiger partial charge in [-0.3, -0.25) is 19.2 Å². The number of benzene rings is 2. The Labute approximate surface area is 160 Å². The van der Waals surface area contributed by atoms with Gasteiger partial charge in [-0.05, 0) is 24.3 Å². The minimum atomic E-state index is -3.48. The van der Waals surface area contributed by atoms with Crippen LogP contribution in [0.25, 0.3) is 0 Å². The molecule has 0 spiro atoms. The van der Waals surface area contributed by atoms with Crippen LogP contribution in [0.4, 0.5) is 17.1 Å². The van der Waals surface area contributed by atoms with E-state index < -0.39 is 20.9 Å². The Morgan fingerprint density at radius 2 is 1.93 bits per heavy atom. The van der Waals surface area contributed by atoms with Crippen LogP contribution in [0.15, 0.2) is 36.4 Å². The standard InChI is InChI=1S/C16H16ClN3O6S/c1-19(27(3,24)25)10-4-6-12(13(17)8-10)16(21)18-14-9-11(20(22)23)5-7-15(14)26-2/h4-9H,1-3H3,(H,18,21). The number of ether oxygens (including phenoxy) is 1. The Morgan fingerprint density at radius 1 is 1.26 bits per heavy atom. The smallest absolute Gasteiger partial charge is 0.271 e. The van der Waals surface area contributed by atoms with Gasteiger partial charge in [0.25, 0.3) is 11.6 Å². The van der Waals surface area contributed by atoms with Crippen LogP contribution in [0.2, 0.25) is 5.02 Å². The van der Waals surface area contributed by atoms with Gasteiger partial charge in [-0.1, -0.05) is 11.6 Å². The quantitative estimate of drug-likeness (QED) is 0.574. The van der Waals surface area contributed by atoms with Crippen molar-refractivity contribution < 1.29 is 22.9 Å². The summed E-state index contributed by atoms with van der Waals surface area (Å²) in [6.45, 7) is 0. The molecule has 0 saturated carbocycles. The maximum atomic E-state index is 12.5. The number of sulfonamides is 1. The molecule has 2 aromatic rings. The number of non-ortho nitro benzene ring substituents is 1. The van der Waals surface area contributed by atoms with Crippen molar-refractivity contribution in [2.75, 3.05) is 30.0 Å². The summed E-state index contributed by atoms with van der Waals surface area (Å²) in [6.07, 6.45) is 1.04. The zero-order valence-corrected chi connectivity index (χ0v) is 16.2. The first kappa shape index (κ1) is 20.5. The zero-order chi connectivity index (χ0) is 20.4. The molecule has 0 fully saturated rings. The highest BCUT2D eigenvalue weighted by Gasteiger charge is 2.18. The third-order valence-corrected chi connectivity index (χ3v) is 5.22. The minimum absolute atomic E-state index is 0.0184. The van der Waals surface area contributed by atoms with E-state index in [0.717, 1.165) is 16.6 Å². The first-order valence-corrected chi connectivity index (χ1v) is 9.64. The summed E-state index contributed by atoms with van der Waals surface area (Å²) in [4.78, 5) is 22.8. The van der Waals surface area contributed by atoms with E-state index in [9.17, 15) is 23.3 Å². The Kier molecular flexibility index (Phi) is 5.91. The van der Waals surface area contributed by atoms with E-state index in [-0.39, 0.29) is 33.4 Å². The second kappa shape index (κ2) is 7.80. The van der Waals surface area contributed by atoms with Gasteiger partial charge in [-0.15, -0.1) is 0 Å². The summed E-state index contributed by atoms with van der Waals surface area (Å²) in [5.74, 6) is -0.397. The number of hydrogen-bond donors (Lipinski definition) is 1. The average molecular weight is 414 g/mol. The van der Waals surface area contributed by atoms with Crippen LogP contribution in [0.1, 0.15) is 10.4 Å². The van der Waals surface area contributed by atoms with E-state index in [1.54, 1.807) is 0 Å². The second-order valence-corrected chi connectivity index (χ2v) is 7.91. The topological polar surface area (TPSA) is 119 Å². The second-order valence-electron chi connectivity index (χ2n) is 5.49. The number of carbonyl (C=O) groups excluding carboxylic acids is 1. The highest BCUT2D eigenvalue weighted by molar-refractivity contribution is 7.92. The lowest BCUT2D eigenvalue weighted by atomic mass is 10.1. The van der Waals surface area contributed by atoms with Gasteiger partial charge >= 0.3 is 0 Å². The summed E-state index contributed by atoms with van der Waals surface area (Å²) in [5, 5.41) is 13.4. The largest absolute Gasteiger partial charge is 0.495 e. The predicted molar refractivity (Wildman–Crippen MR) is 102 cm³/mol. The summed E-state index contributed by atoms with van der Waals surface area (Å²) in [5.41, 5.74) is 0.232. The molecule has 0 atom stereocenters. The van der Waals surface area contributed by atoms with Crippen molar-refractivity contribution in [1.82, 2.24) is 0 Å². The van der Waals surface area contributed by atoms with Gasteiger partial charge in [0.15, 0.2) is 0 Å². The lowest BCUT2D eigenvalue weighted by molar-refractivity contribution is -0.384. The Balaban J connectivity index is 2.34. The van der Waals surface area contributed by atoms with Gasteiger partial charge < -0.3 is 10.1 Å². The number of nitrogens with zero attached hydrogens (tertiary/aromatic N) is 2. The number of nitrogens with one attached hydrogen (secondary N) is 1. The molecular formula is C16H16ClN3O6S. The average Bonchev–Trinajstić information content (AvgIpc) is 2.59. The number of halogens is 1. The number of anilines is 2. The summed E-state index contributed by atoms with van der Waals surface area (Å²) >= 11 is 6.12. The van der Waals surface area contributed by atoms with Crippen molar-refractivity contribution >= 4 is 44.6 Å². The molecule has 0 heterocycles. The molecule has 2 rings (SSSR count). The van der Waals surface area contributed by atoms with Gasteiger partial charge in [0.1, 0.15) is 5.75 Å². The van der Waals surface area contributed by atoms with E-state index >= 15 is 0 Å². The van der Waals surface area contributed by atoms with Crippen molar-refractivity contribution in [1.29, 1.82) is 0 Å². The van der Waals surface area contributed by atoms with E-state index in [0.29, 0.717) is 0 Å². The van der Waals surface area contributed by atoms with Crippen LogP contribution >= 0.6 is 11.6 Å². The van der Waals surface area contributed by atoms with Gasteiger partial charge in [-0.25, -0.2) is 8.42 Å². The first-order valence-electron chi connectivity index (χ1n) is 7.42. The molecule has 0 unspecified atom stereocenters. The van der Waals surface area contributed by atoms with Crippen LogP contribution in [-0.2, 0) is 10.0 Å². The van der Waals surface area contributed by atoms with Gasteiger partial charge in [-0.2, -0.15) is 0 Å². The third kappa shape index (κ3) is 4.66. The van der Waals surface area contributed by atoms with Crippen LogP contribution in [0.3, 0.4) is 0 Å². The fourth-order valence-electron chi connectivity index (χ4n) is 2.17. The lowest BCUT2D eigenvalue weighted by Crippen LogP contribution is -2.25. The van der Waals surface area contributed by atoms with E-state index in [2.05, 4.69) is 5.32 Å². The van der Waals surface area contributed by atoms with E-state index in [4.69, 9.17) is 16.3 Å². The van der Waals surface area contributed by atoms with Crippen molar-refractivity contribution in [3.05, 3.63) is 57.1 Å². The number of rotatable bonds is 6. The maximum absolute atomic E-state index is 12.5. The summed E-state index contributed by atoms with van der Waals surface area (Å²) < 4.78 is 29.3. The number of hydrogen-bond acceptors (Lipinski definition) is 6. The monoisotopic (exact) mass is 413 g/mol. The molecule has 9 nitrogen and oxygen atoms in total. The Morgan fingerprint density at radius 3 is 2.44 bits per heavy atom. The van der Waals surface area contributed by atoms with E-state index in [1.807, 2.05) is 0 Å². The Hall–Kier alpha value is -2.85. The number of nitro groups is 1. The molecule has 0 aliphatic carbocycles. The molecule has 0 bridgehead atoms. The Bertz CT molecular complexity index is 1010. The lowest BCUT2D eigenvalue weighted by Gasteiger charge is -2.17. The molecule has 0 aliphatic heterocycles. The molecule has 0 aromatic heterocycles. The molecule has 0 radical (unpaired) electrons. The molecule has 27 heavy (non-hydrogen) atoms. The van der Waals surface area contributed by atoms with Crippen molar-refractivity contribution in [3.63, 3.8) is 0 Å². The minimum Gasteiger partial charge on any atom is -0.495 e. The molecule has 1 amide bonds. The number of nitro benzene ring substituents is 1. The number of methoxy groups -OCH3 is 1. The molecule has 2 aromatic carbocycles.